The summed E-state index contributed by atoms with van der Waals surface area (Å²) in [5.74, 6) is 0. The molecule has 0 amide bonds. The van der Waals surface area contributed by atoms with E-state index in [0.29, 0.717) is 5.15 Å². The second kappa shape index (κ2) is 2.64. The molecule has 0 aliphatic carbocycles. The van der Waals surface area contributed by atoms with E-state index in [1.54, 1.807) is 2.90 Å². The van der Waals surface area contributed by atoms with Crippen LogP contribution in [0.25, 0.3) is 10.9 Å². The van der Waals surface area contributed by atoms with Crippen LogP contribution in [0.1, 0.15) is 0 Å². The van der Waals surface area contributed by atoms with E-state index in [0.717, 1.165) is 10.9 Å². The average molecular weight is 278 g/mol. The van der Waals surface area contributed by atoms with Gasteiger partial charge in [0.15, 0.2) is 5.15 Å². The first-order chi connectivity index (χ1) is 5.29. The topological polar surface area (TPSA) is 17.8 Å². The van der Waals surface area contributed by atoms with Gasteiger partial charge < -0.3 is 0 Å². The van der Waals surface area contributed by atoms with Crippen LogP contribution in [0.5, 0.6) is 0 Å². The van der Waals surface area contributed by atoms with Crippen molar-refractivity contribution >= 4 is 45.4 Å². The van der Waals surface area contributed by atoms with Crippen LogP contribution in [0.15, 0.2) is 24.3 Å². The number of halogens is 2. The molecule has 0 bridgehead atoms. The lowest BCUT2D eigenvalue weighted by Gasteiger charge is -1.87. The van der Waals surface area contributed by atoms with Crippen LogP contribution in [-0.4, -0.2) is 7.99 Å². The zero-order valence-electron chi connectivity index (χ0n) is 5.46. The monoisotopic (exact) mass is 278 g/mol. The second-order valence-corrected chi connectivity index (χ2v) is 3.44. The van der Waals surface area contributed by atoms with Crippen molar-refractivity contribution in [2.45, 2.75) is 0 Å². The SMILES string of the molecule is Clc1nn(I)c2ccccc12. The highest BCUT2D eigenvalue weighted by molar-refractivity contribution is 14.1. The van der Waals surface area contributed by atoms with E-state index in [2.05, 4.69) is 28.0 Å². The van der Waals surface area contributed by atoms with Crippen molar-refractivity contribution in [1.82, 2.24) is 7.99 Å². The molecule has 0 saturated carbocycles. The molecule has 0 atom stereocenters. The van der Waals surface area contributed by atoms with Crippen molar-refractivity contribution in [2.75, 3.05) is 0 Å². The Morgan fingerprint density at radius 2 is 2.09 bits per heavy atom. The smallest absolute Gasteiger partial charge is 0.159 e. The van der Waals surface area contributed by atoms with E-state index >= 15 is 0 Å². The molecule has 1 aromatic carbocycles. The lowest BCUT2D eigenvalue weighted by atomic mass is 10.3. The fraction of sp³-hybridized carbons (Fsp3) is 0. The van der Waals surface area contributed by atoms with Gasteiger partial charge in [-0.1, -0.05) is 23.7 Å². The molecule has 0 fully saturated rings. The minimum atomic E-state index is 0.565. The van der Waals surface area contributed by atoms with E-state index in [1.807, 2.05) is 24.3 Å². The molecular weight excluding hydrogens is 274 g/mol. The Balaban J connectivity index is 2.95. The van der Waals surface area contributed by atoms with Gasteiger partial charge in [0.25, 0.3) is 0 Å². The molecule has 0 aliphatic heterocycles. The Morgan fingerprint density at radius 3 is 2.82 bits per heavy atom. The summed E-state index contributed by atoms with van der Waals surface area (Å²) in [4.78, 5) is 0. The molecule has 56 valence electrons. The van der Waals surface area contributed by atoms with Gasteiger partial charge in [0, 0.05) is 5.39 Å². The van der Waals surface area contributed by atoms with Gasteiger partial charge in [0.2, 0.25) is 0 Å². The lowest BCUT2D eigenvalue weighted by Crippen LogP contribution is -1.77. The molecule has 2 nitrogen and oxygen atoms in total. The molecule has 0 unspecified atom stereocenters. The first-order valence-electron chi connectivity index (χ1n) is 3.08. The molecule has 11 heavy (non-hydrogen) atoms. The summed E-state index contributed by atoms with van der Waals surface area (Å²) in [6.45, 7) is 0. The van der Waals surface area contributed by atoms with Gasteiger partial charge in [-0.15, -0.1) is 0 Å². The first kappa shape index (κ1) is 7.36. The molecule has 0 saturated heterocycles. The van der Waals surface area contributed by atoms with Crippen molar-refractivity contribution in [3.63, 3.8) is 0 Å². The summed E-state index contributed by atoms with van der Waals surface area (Å²) in [5.41, 5.74) is 1.05. The van der Waals surface area contributed by atoms with Crippen molar-refractivity contribution in [3.05, 3.63) is 29.4 Å². The molecule has 1 heterocycles. The molecule has 4 heteroatoms. The zero-order valence-corrected chi connectivity index (χ0v) is 8.37. The maximum absolute atomic E-state index is 5.84. The predicted molar refractivity (Wildman–Crippen MR) is 54.2 cm³/mol. The third kappa shape index (κ3) is 1.12. The van der Waals surface area contributed by atoms with Crippen LogP contribution in [0.2, 0.25) is 5.15 Å². The van der Waals surface area contributed by atoms with Gasteiger partial charge in [0.1, 0.15) is 0 Å². The van der Waals surface area contributed by atoms with Gasteiger partial charge in [-0.05, 0) is 12.1 Å². The van der Waals surface area contributed by atoms with Gasteiger partial charge in [-0.25, -0.2) is 2.90 Å². The summed E-state index contributed by atoms with van der Waals surface area (Å²) in [6, 6.07) is 7.86. The molecule has 0 N–H and O–H groups in total. The average Bonchev–Trinajstić information content (AvgIpc) is 2.30. The van der Waals surface area contributed by atoms with Gasteiger partial charge in [0.05, 0.1) is 28.4 Å². The second-order valence-electron chi connectivity index (χ2n) is 2.17. The van der Waals surface area contributed by atoms with Crippen molar-refractivity contribution in [3.8, 4) is 0 Å². The summed E-state index contributed by atoms with van der Waals surface area (Å²) in [5, 5.41) is 5.63. The van der Waals surface area contributed by atoms with E-state index in [-0.39, 0.29) is 0 Å². The molecule has 0 spiro atoms. The Hall–Kier alpha value is -0.290. The minimum Gasteiger partial charge on any atom is -0.202 e. The van der Waals surface area contributed by atoms with Crippen molar-refractivity contribution in [2.24, 2.45) is 0 Å². The minimum absolute atomic E-state index is 0.565. The highest BCUT2D eigenvalue weighted by Crippen LogP contribution is 2.23. The third-order valence-corrected chi connectivity index (χ3v) is 2.52. The van der Waals surface area contributed by atoms with Crippen LogP contribution in [0.3, 0.4) is 0 Å². The lowest BCUT2D eigenvalue weighted by molar-refractivity contribution is 1.09. The number of fused-ring (bicyclic) bond motifs is 1. The normalized spacial score (nSPS) is 10.7. The Kier molecular flexibility index (Phi) is 1.77. The highest BCUT2D eigenvalue weighted by Gasteiger charge is 2.04. The van der Waals surface area contributed by atoms with Gasteiger partial charge >= 0.3 is 0 Å². The molecule has 2 rings (SSSR count). The van der Waals surface area contributed by atoms with Crippen LogP contribution >= 0.6 is 34.5 Å². The van der Waals surface area contributed by atoms with E-state index in [4.69, 9.17) is 11.6 Å². The molecule has 0 radical (unpaired) electrons. The molecule has 0 aliphatic rings. The largest absolute Gasteiger partial charge is 0.202 e. The fourth-order valence-corrected chi connectivity index (χ4v) is 1.99. The third-order valence-electron chi connectivity index (χ3n) is 1.50. The molecule has 1 aromatic heterocycles. The summed E-state index contributed by atoms with van der Waals surface area (Å²) < 4.78 is 1.75. The number of hydrogen-bond donors (Lipinski definition) is 0. The van der Waals surface area contributed by atoms with Crippen LogP contribution < -0.4 is 0 Å². The highest BCUT2D eigenvalue weighted by atomic mass is 127. The number of nitrogens with zero attached hydrogens (tertiary/aromatic N) is 2. The van der Waals surface area contributed by atoms with E-state index < -0.39 is 0 Å². The zero-order chi connectivity index (χ0) is 7.84. The quantitative estimate of drug-likeness (QED) is 0.678. The van der Waals surface area contributed by atoms with Crippen LogP contribution in [0.4, 0.5) is 0 Å². The van der Waals surface area contributed by atoms with Crippen molar-refractivity contribution in [1.29, 1.82) is 0 Å². The number of para-hydroxylation sites is 1. The predicted octanol–water partition coefficient (Wildman–Crippen LogP) is 2.89. The van der Waals surface area contributed by atoms with Gasteiger partial charge in [-0.3, -0.25) is 0 Å². The number of aromatic nitrogens is 2. The summed E-state index contributed by atoms with van der Waals surface area (Å²) in [7, 11) is 0. The first-order valence-corrected chi connectivity index (χ1v) is 4.43. The number of rotatable bonds is 0. The fourth-order valence-electron chi connectivity index (χ4n) is 0.994. The molecule has 2 aromatic rings. The number of hydrogen-bond acceptors (Lipinski definition) is 1. The summed E-state index contributed by atoms with van der Waals surface area (Å²) in [6.07, 6.45) is 0. The van der Waals surface area contributed by atoms with Gasteiger partial charge in [-0.2, -0.15) is 5.10 Å². The van der Waals surface area contributed by atoms with Crippen LogP contribution in [-0.2, 0) is 0 Å². The Labute approximate surface area is 82.6 Å². The van der Waals surface area contributed by atoms with E-state index in [9.17, 15) is 0 Å². The standard InChI is InChI=1S/C7H4ClIN2/c8-7-5-3-1-2-4-6(5)11(9)10-7/h1-4H. The maximum atomic E-state index is 5.84. The Bertz CT molecular complexity index is 360. The summed E-state index contributed by atoms with van der Waals surface area (Å²) >= 11 is 7.94. The Morgan fingerprint density at radius 1 is 1.36 bits per heavy atom. The number of benzene rings is 1. The van der Waals surface area contributed by atoms with Crippen molar-refractivity contribution < 1.29 is 0 Å². The maximum Gasteiger partial charge on any atom is 0.159 e. The van der Waals surface area contributed by atoms with Crippen LogP contribution in [0, 0.1) is 0 Å². The molecular formula is C7H4ClIN2. The van der Waals surface area contributed by atoms with E-state index in [1.165, 1.54) is 0 Å².